The number of hydrogen-bond donors (Lipinski definition) is 2. The molecule has 0 fully saturated rings. The maximum Gasteiger partial charge on any atom is 0.195 e. The zero-order valence-corrected chi connectivity index (χ0v) is 16.6. The minimum Gasteiger partial charge on any atom is -0.374 e. The van der Waals surface area contributed by atoms with Gasteiger partial charge < -0.3 is 10.3 Å². The number of nitrogens with one attached hydrogen (secondary N) is 2. The molecule has 146 valence electrons. The van der Waals surface area contributed by atoms with Crippen molar-refractivity contribution < 1.29 is 4.79 Å². The van der Waals surface area contributed by atoms with E-state index in [1.165, 1.54) is 0 Å². The van der Waals surface area contributed by atoms with Gasteiger partial charge in [0.25, 0.3) is 0 Å². The molecule has 0 saturated heterocycles. The van der Waals surface area contributed by atoms with Gasteiger partial charge in [-0.15, -0.1) is 5.92 Å². The number of carbonyl (C=O) groups is 1. The average molecular weight is 392 g/mol. The zero-order valence-electron chi connectivity index (χ0n) is 16.6. The van der Waals surface area contributed by atoms with Crippen molar-refractivity contribution in [3.63, 3.8) is 0 Å². The van der Waals surface area contributed by atoms with Crippen LogP contribution in [0.5, 0.6) is 0 Å². The van der Waals surface area contributed by atoms with Gasteiger partial charge in [-0.25, -0.2) is 4.98 Å². The average Bonchev–Trinajstić information content (AvgIpc) is 3.22. The molecule has 0 amide bonds. The van der Waals surface area contributed by atoms with Gasteiger partial charge >= 0.3 is 0 Å². The fourth-order valence-electron chi connectivity index (χ4n) is 3.39. The van der Waals surface area contributed by atoms with Crippen molar-refractivity contribution in [2.75, 3.05) is 11.9 Å². The Bertz CT molecular complexity index is 1290. The van der Waals surface area contributed by atoms with Crippen molar-refractivity contribution in [3.05, 3.63) is 84.5 Å². The van der Waals surface area contributed by atoms with Crippen LogP contribution in [0.15, 0.2) is 67.8 Å². The first kappa shape index (κ1) is 19.2. The molecule has 0 bridgehead atoms. The molecule has 3 aromatic heterocycles. The third-order valence-corrected chi connectivity index (χ3v) is 4.87. The third kappa shape index (κ3) is 3.59. The maximum absolute atomic E-state index is 13.5. The zero-order chi connectivity index (χ0) is 20.9. The van der Waals surface area contributed by atoms with E-state index in [9.17, 15) is 4.79 Å². The lowest BCUT2D eigenvalue weighted by Gasteiger charge is -2.11. The van der Waals surface area contributed by atoms with Crippen molar-refractivity contribution >= 4 is 28.6 Å². The topological polar surface area (TPSA) is 70.7 Å². The molecule has 0 saturated carbocycles. The lowest BCUT2D eigenvalue weighted by Crippen LogP contribution is -2.07. The Morgan fingerprint density at radius 3 is 2.87 bits per heavy atom. The van der Waals surface area contributed by atoms with Gasteiger partial charge in [0.05, 0.1) is 6.54 Å². The van der Waals surface area contributed by atoms with E-state index < -0.39 is 0 Å². The standard InChI is InChI=1S/C25H20N4O/c1-3-5-12-27-23-10-6-9-20(19(23)4-2)24(30)22-16-29-25-21(22)13-18(15-28-25)17-8-7-11-26-14-17/h4,6-11,13-16,27H,2,12H2,1H3,(H,28,29). The second-order valence-electron chi connectivity index (χ2n) is 6.64. The van der Waals surface area contributed by atoms with Crippen LogP contribution in [0.4, 0.5) is 5.69 Å². The van der Waals surface area contributed by atoms with E-state index in [1.54, 1.807) is 37.8 Å². The Morgan fingerprint density at radius 1 is 1.20 bits per heavy atom. The smallest absolute Gasteiger partial charge is 0.195 e. The number of H-pyrrole nitrogens is 1. The van der Waals surface area contributed by atoms with Crippen LogP contribution in [0.1, 0.15) is 28.4 Å². The molecule has 0 aliphatic heterocycles. The molecule has 5 heteroatoms. The molecule has 30 heavy (non-hydrogen) atoms. The molecule has 2 N–H and O–H groups in total. The molecule has 0 unspecified atom stereocenters. The van der Waals surface area contributed by atoms with E-state index in [0.29, 0.717) is 23.3 Å². The predicted octanol–water partition coefficient (Wildman–Crippen LogP) is 4.93. The number of hydrogen-bond acceptors (Lipinski definition) is 4. The number of carbonyl (C=O) groups excluding carboxylic acids is 1. The Hall–Kier alpha value is -4.17. The SMILES string of the molecule is C=Cc1c(NCC#CC)cccc1C(=O)c1c[nH]c2ncc(-c3cccnc3)cc12. The number of fused-ring (bicyclic) bond motifs is 1. The third-order valence-electron chi connectivity index (χ3n) is 4.87. The van der Waals surface area contributed by atoms with Gasteiger partial charge in [-0.1, -0.05) is 36.8 Å². The van der Waals surface area contributed by atoms with Crippen LogP contribution >= 0.6 is 0 Å². The molecule has 0 aliphatic carbocycles. The Morgan fingerprint density at radius 2 is 2.10 bits per heavy atom. The van der Waals surface area contributed by atoms with Crippen molar-refractivity contribution in [3.8, 4) is 23.0 Å². The van der Waals surface area contributed by atoms with Gasteiger partial charge in [-0.05, 0) is 25.1 Å². The van der Waals surface area contributed by atoms with Crippen LogP contribution in [0.25, 0.3) is 28.2 Å². The molecular weight excluding hydrogens is 372 g/mol. The molecule has 0 aliphatic rings. The van der Waals surface area contributed by atoms with Gasteiger partial charge in [-0.3, -0.25) is 9.78 Å². The summed E-state index contributed by atoms with van der Waals surface area (Å²) in [5.41, 5.74) is 5.24. The number of benzene rings is 1. The number of rotatable bonds is 6. The first-order chi connectivity index (χ1) is 14.7. The number of aromatic nitrogens is 3. The van der Waals surface area contributed by atoms with Crippen molar-refractivity contribution in [2.45, 2.75) is 6.92 Å². The summed E-state index contributed by atoms with van der Waals surface area (Å²) in [5, 5.41) is 4.02. The summed E-state index contributed by atoms with van der Waals surface area (Å²) in [7, 11) is 0. The summed E-state index contributed by atoms with van der Waals surface area (Å²) in [6, 6.07) is 11.4. The van der Waals surface area contributed by atoms with E-state index in [2.05, 4.69) is 38.7 Å². The second-order valence-corrected chi connectivity index (χ2v) is 6.64. The number of aromatic amines is 1. The largest absolute Gasteiger partial charge is 0.374 e. The molecular formula is C25H20N4O. The molecule has 5 nitrogen and oxygen atoms in total. The monoisotopic (exact) mass is 392 g/mol. The van der Waals surface area contributed by atoms with E-state index in [4.69, 9.17) is 0 Å². The highest BCUT2D eigenvalue weighted by Crippen LogP contribution is 2.28. The minimum atomic E-state index is -0.0912. The number of ketones is 1. The molecule has 4 rings (SSSR count). The Kier molecular flexibility index (Phi) is 5.40. The van der Waals surface area contributed by atoms with Crippen molar-refractivity contribution in [1.82, 2.24) is 15.0 Å². The first-order valence-electron chi connectivity index (χ1n) is 9.54. The molecule has 0 radical (unpaired) electrons. The van der Waals surface area contributed by atoms with Crippen LogP contribution in [0.2, 0.25) is 0 Å². The molecule has 1 aromatic carbocycles. The summed E-state index contributed by atoms with van der Waals surface area (Å²) < 4.78 is 0. The quantitative estimate of drug-likeness (QED) is 0.360. The van der Waals surface area contributed by atoms with Crippen LogP contribution in [0, 0.1) is 11.8 Å². The van der Waals surface area contributed by atoms with Gasteiger partial charge in [-0.2, -0.15) is 0 Å². The van der Waals surface area contributed by atoms with E-state index in [-0.39, 0.29) is 5.78 Å². The Labute approximate surface area is 174 Å². The predicted molar refractivity (Wildman–Crippen MR) is 121 cm³/mol. The summed E-state index contributed by atoms with van der Waals surface area (Å²) in [6.45, 7) is 6.20. The highest BCUT2D eigenvalue weighted by atomic mass is 16.1. The second kappa shape index (κ2) is 8.46. The van der Waals surface area contributed by atoms with Crippen molar-refractivity contribution in [2.24, 2.45) is 0 Å². The van der Waals surface area contributed by atoms with Crippen LogP contribution in [-0.4, -0.2) is 27.3 Å². The first-order valence-corrected chi connectivity index (χ1v) is 9.54. The van der Waals surface area contributed by atoms with Gasteiger partial charge in [0.2, 0.25) is 0 Å². The molecule has 4 aromatic rings. The van der Waals surface area contributed by atoms with Gasteiger partial charge in [0.1, 0.15) is 5.65 Å². The van der Waals surface area contributed by atoms with Crippen molar-refractivity contribution in [1.29, 1.82) is 0 Å². The van der Waals surface area contributed by atoms with E-state index in [0.717, 1.165) is 27.8 Å². The fraction of sp³-hybridized carbons (Fsp3) is 0.0800. The minimum absolute atomic E-state index is 0.0912. The molecule has 0 atom stereocenters. The van der Waals surface area contributed by atoms with Gasteiger partial charge in [0.15, 0.2) is 5.78 Å². The normalized spacial score (nSPS) is 10.3. The summed E-state index contributed by atoms with van der Waals surface area (Å²) in [6.07, 6.45) is 8.69. The van der Waals surface area contributed by atoms with Gasteiger partial charge in [0, 0.05) is 63.7 Å². The number of nitrogens with zero attached hydrogens (tertiary/aromatic N) is 2. The molecule has 0 spiro atoms. The molecule has 3 heterocycles. The van der Waals surface area contributed by atoms with Crippen LogP contribution in [-0.2, 0) is 0 Å². The lowest BCUT2D eigenvalue weighted by molar-refractivity contribution is 0.104. The summed E-state index contributed by atoms with van der Waals surface area (Å²) >= 11 is 0. The van der Waals surface area contributed by atoms with Crippen LogP contribution in [0.3, 0.4) is 0 Å². The summed E-state index contributed by atoms with van der Waals surface area (Å²) in [5.74, 6) is 5.73. The lowest BCUT2D eigenvalue weighted by atomic mass is 9.96. The van der Waals surface area contributed by atoms with Crippen LogP contribution < -0.4 is 5.32 Å². The fourth-order valence-corrected chi connectivity index (χ4v) is 3.39. The highest BCUT2D eigenvalue weighted by molar-refractivity contribution is 6.18. The number of pyridine rings is 2. The van der Waals surface area contributed by atoms with E-state index in [1.807, 2.05) is 36.4 Å². The Balaban J connectivity index is 1.77. The summed E-state index contributed by atoms with van der Waals surface area (Å²) in [4.78, 5) is 25.2. The number of anilines is 1. The highest BCUT2D eigenvalue weighted by Gasteiger charge is 2.19. The maximum atomic E-state index is 13.5. The van der Waals surface area contributed by atoms with E-state index >= 15 is 0 Å².